The van der Waals surface area contributed by atoms with Crippen molar-refractivity contribution in [3.05, 3.63) is 38.9 Å². The van der Waals surface area contributed by atoms with E-state index in [1.54, 1.807) is 17.0 Å². The maximum atomic E-state index is 12.2. The average molecular weight is 361 g/mol. The van der Waals surface area contributed by atoms with Crippen molar-refractivity contribution in [2.45, 2.75) is 12.8 Å². The molecule has 1 aromatic rings. The van der Waals surface area contributed by atoms with Gasteiger partial charge in [-0.1, -0.05) is 6.08 Å². The van der Waals surface area contributed by atoms with Crippen LogP contribution in [0, 0.1) is 0 Å². The lowest BCUT2D eigenvalue weighted by Gasteiger charge is -2.21. The monoisotopic (exact) mass is 359 g/mol. The van der Waals surface area contributed by atoms with Gasteiger partial charge in [0, 0.05) is 18.3 Å². The zero-order valence-corrected chi connectivity index (χ0v) is 12.2. The van der Waals surface area contributed by atoms with Crippen LogP contribution in [0.25, 0.3) is 0 Å². The lowest BCUT2D eigenvalue weighted by Crippen LogP contribution is -2.28. The third-order valence-corrected chi connectivity index (χ3v) is 3.79. The molecule has 0 fully saturated rings. The summed E-state index contributed by atoms with van der Waals surface area (Å²) in [7, 11) is 0. The molecule has 0 aromatic heterocycles. The summed E-state index contributed by atoms with van der Waals surface area (Å²) in [6.45, 7) is 0.742. The van der Waals surface area contributed by atoms with Gasteiger partial charge < -0.3 is 10.0 Å². The number of carbonyl (C=O) groups is 1. The molecule has 17 heavy (non-hydrogen) atoms. The topological polar surface area (TPSA) is 40.5 Å². The van der Waals surface area contributed by atoms with E-state index in [2.05, 4.69) is 31.9 Å². The van der Waals surface area contributed by atoms with E-state index >= 15 is 0 Å². The molecular formula is C12H11Br2NO2. The highest BCUT2D eigenvalue weighted by atomic mass is 79.9. The van der Waals surface area contributed by atoms with Gasteiger partial charge in [0.1, 0.15) is 5.75 Å². The van der Waals surface area contributed by atoms with E-state index in [0.717, 1.165) is 19.4 Å². The number of hydrogen-bond acceptors (Lipinski definition) is 2. The number of benzene rings is 1. The second kappa shape index (κ2) is 5.23. The SMILES string of the molecule is O=C(c1cc(Br)c(O)c(Br)c1)N1C=CCCC1. The first-order valence-electron chi connectivity index (χ1n) is 5.25. The fourth-order valence-corrected chi connectivity index (χ4v) is 2.87. The van der Waals surface area contributed by atoms with Crippen LogP contribution in [-0.4, -0.2) is 22.5 Å². The molecule has 1 heterocycles. The highest BCUT2D eigenvalue weighted by molar-refractivity contribution is 9.11. The van der Waals surface area contributed by atoms with Crippen molar-refractivity contribution in [3.8, 4) is 5.75 Å². The summed E-state index contributed by atoms with van der Waals surface area (Å²) >= 11 is 6.44. The number of rotatable bonds is 1. The average Bonchev–Trinajstić information content (AvgIpc) is 2.35. The standard InChI is InChI=1S/C12H11Br2NO2/c13-9-6-8(7-10(14)11(9)16)12(17)15-4-2-1-3-5-15/h2,4,6-7,16H,1,3,5H2. The molecule has 1 amide bonds. The van der Waals surface area contributed by atoms with Gasteiger partial charge in [-0.15, -0.1) is 0 Å². The van der Waals surface area contributed by atoms with Crippen LogP contribution in [0.15, 0.2) is 33.4 Å². The van der Waals surface area contributed by atoms with Gasteiger partial charge in [0.05, 0.1) is 8.95 Å². The third-order valence-electron chi connectivity index (χ3n) is 2.58. The molecule has 0 atom stereocenters. The first kappa shape index (κ1) is 12.6. The van der Waals surface area contributed by atoms with Gasteiger partial charge in [-0.05, 0) is 56.8 Å². The summed E-state index contributed by atoms with van der Waals surface area (Å²) < 4.78 is 1.02. The fraction of sp³-hybridized carbons (Fsp3) is 0.250. The van der Waals surface area contributed by atoms with Crippen molar-refractivity contribution in [2.24, 2.45) is 0 Å². The molecule has 1 N–H and O–H groups in total. The minimum Gasteiger partial charge on any atom is -0.506 e. The minimum absolute atomic E-state index is 0.0534. The Morgan fingerprint density at radius 1 is 1.29 bits per heavy atom. The van der Waals surface area contributed by atoms with E-state index in [9.17, 15) is 9.90 Å². The predicted molar refractivity (Wildman–Crippen MR) is 72.9 cm³/mol. The Labute approximate surface area is 116 Å². The molecule has 90 valence electrons. The quantitative estimate of drug-likeness (QED) is 0.830. The number of allylic oxidation sites excluding steroid dienone is 1. The summed E-state index contributed by atoms with van der Waals surface area (Å²) in [5.41, 5.74) is 0.549. The van der Waals surface area contributed by atoms with E-state index in [1.807, 2.05) is 12.3 Å². The Bertz CT molecular complexity index is 462. The van der Waals surface area contributed by atoms with Gasteiger partial charge >= 0.3 is 0 Å². The van der Waals surface area contributed by atoms with Gasteiger partial charge in [0.15, 0.2) is 0 Å². The summed E-state index contributed by atoms with van der Waals surface area (Å²) in [5, 5.41) is 9.59. The zero-order valence-electron chi connectivity index (χ0n) is 8.99. The van der Waals surface area contributed by atoms with Crippen LogP contribution >= 0.6 is 31.9 Å². The van der Waals surface area contributed by atoms with Gasteiger partial charge in [-0.2, -0.15) is 0 Å². The van der Waals surface area contributed by atoms with Crippen LogP contribution in [0.3, 0.4) is 0 Å². The summed E-state index contributed by atoms with van der Waals surface area (Å²) in [4.78, 5) is 13.9. The van der Waals surface area contributed by atoms with Crippen LogP contribution in [-0.2, 0) is 0 Å². The highest BCUT2D eigenvalue weighted by Crippen LogP contribution is 2.33. The number of phenols is 1. The molecule has 0 saturated heterocycles. The Morgan fingerprint density at radius 3 is 2.47 bits per heavy atom. The van der Waals surface area contributed by atoms with Crippen molar-refractivity contribution in [1.82, 2.24) is 4.90 Å². The van der Waals surface area contributed by atoms with E-state index in [4.69, 9.17) is 0 Å². The molecule has 0 aliphatic carbocycles. The Hall–Kier alpha value is -0.810. The summed E-state index contributed by atoms with van der Waals surface area (Å²) in [6, 6.07) is 3.26. The second-order valence-corrected chi connectivity index (χ2v) is 5.52. The van der Waals surface area contributed by atoms with Crippen molar-refractivity contribution in [1.29, 1.82) is 0 Å². The van der Waals surface area contributed by atoms with Crippen molar-refractivity contribution in [3.63, 3.8) is 0 Å². The first-order chi connectivity index (χ1) is 8.09. The molecule has 1 aliphatic heterocycles. The molecule has 0 saturated carbocycles. The number of carbonyl (C=O) groups excluding carboxylic acids is 1. The molecule has 3 nitrogen and oxygen atoms in total. The molecule has 5 heteroatoms. The smallest absolute Gasteiger partial charge is 0.257 e. The number of hydrogen-bond donors (Lipinski definition) is 1. The van der Waals surface area contributed by atoms with Crippen LogP contribution in [0.2, 0.25) is 0 Å². The molecule has 0 spiro atoms. The molecule has 0 radical (unpaired) electrons. The van der Waals surface area contributed by atoms with E-state index in [0.29, 0.717) is 14.5 Å². The minimum atomic E-state index is -0.0534. The van der Waals surface area contributed by atoms with Gasteiger partial charge in [-0.25, -0.2) is 0 Å². The van der Waals surface area contributed by atoms with Crippen LogP contribution in [0.1, 0.15) is 23.2 Å². The van der Waals surface area contributed by atoms with Gasteiger partial charge in [-0.3, -0.25) is 4.79 Å². The van der Waals surface area contributed by atoms with E-state index in [1.165, 1.54) is 0 Å². The number of halogens is 2. The van der Waals surface area contributed by atoms with Crippen LogP contribution in [0.4, 0.5) is 0 Å². The van der Waals surface area contributed by atoms with Crippen molar-refractivity contribution < 1.29 is 9.90 Å². The molecule has 1 aliphatic rings. The van der Waals surface area contributed by atoms with E-state index in [-0.39, 0.29) is 11.7 Å². The third kappa shape index (κ3) is 2.72. The van der Waals surface area contributed by atoms with Crippen LogP contribution < -0.4 is 0 Å². The number of aromatic hydroxyl groups is 1. The predicted octanol–water partition coefficient (Wildman–Crippen LogP) is 3.67. The molecule has 0 bridgehead atoms. The van der Waals surface area contributed by atoms with Crippen LogP contribution in [0.5, 0.6) is 5.75 Å². The lowest BCUT2D eigenvalue weighted by molar-refractivity contribution is 0.0815. The fourth-order valence-electron chi connectivity index (χ4n) is 1.68. The first-order valence-corrected chi connectivity index (χ1v) is 6.84. The molecular weight excluding hydrogens is 350 g/mol. The maximum Gasteiger partial charge on any atom is 0.257 e. The van der Waals surface area contributed by atoms with E-state index < -0.39 is 0 Å². The Balaban J connectivity index is 2.31. The normalized spacial score (nSPS) is 15.1. The van der Waals surface area contributed by atoms with Gasteiger partial charge in [0.2, 0.25) is 0 Å². The Morgan fingerprint density at radius 2 is 1.94 bits per heavy atom. The van der Waals surface area contributed by atoms with Gasteiger partial charge in [0.25, 0.3) is 5.91 Å². The summed E-state index contributed by atoms with van der Waals surface area (Å²) in [6.07, 6.45) is 5.82. The number of amides is 1. The largest absolute Gasteiger partial charge is 0.506 e. The summed E-state index contributed by atoms with van der Waals surface area (Å²) in [5.74, 6) is 0.0538. The molecule has 0 unspecified atom stereocenters. The molecule has 2 rings (SSSR count). The molecule has 1 aromatic carbocycles. The second-order valence-electron chi connectivity index (χ2n) is 3.81. The lowest BCUT2D eigenvalue weighted by atomic mass is 10.1. The number of nitrogens with zero attached hydrogens (tertiary/aromatic N) is 1. The Kier molecular flexibility index (Phi) is 3.89. The highest BCUT2D eigenvalue weighted by Gasteiger charge is 2.17. The maximum absolute atomic E-state index is 12.2. The van der Waals surface area contributed by atoms with Crippen molar-refractivity contribution in [2.75, 3.05) is 6.54 Å². The van der Waals surface area contributed by atoms with Crippen molar-refractivity contribution >= 4 is 37.8 Å². The number of phenolic OH excluding ortho intramolecular Hbond substituents is 1. The zero-order chi connectivity index (χ0) is 12.4.